The second kappa shape index (κ2) is 10.8. The highest BCUT2D eigenvalue weighted by Crippen LogP contribution is 2.40. The molecule has 0 fully saturated rings. The van der Waals surface area contributed by atoms with Gasteiger partial charge in [-0.2, -0.15) is 0 Å². The zero-order chi connectivity index (χ0) is 22.4. The van der Waals surface area contributed by atoms with Gasteiger partial charge in [0.2, 0.25) is 0 Å². The maximum Gasteiger partial charge on any atom is 0.468 e. The van der Waals surface area contributed by atoms with Crippen LogP contribution in [0.25, 0.3) is 0 Å². The largest absolute Gasteiger partial charge is 0.491 e. The fourth-order valence-corrected chi connectivity index (χ4v) is 22.7. The molecule has 0 rings (SSSR count). The minimum absolute atomic E-state index is 0.0676. The molecule has 0 bridgehead atoms. The van der Waals surface area contributed by atoms with Crippen molar-refractivity contribution in [2.75, 3.05) is 0 Å². The maximum absolute atomic E-state index is 12.2. The minimum Gasteiger partial charge on any atom is -0.491 e. The van der Waals surface area contributed by atoms with Gasteiger partial charge >= 0.3 is 23.3 Å². The zero-order valence-corrected chi connectivity index (χ0v) is 24.1. The Balaban J connectivity index is 6.30. The Bertz CT molecular complexity index is 499. The molecule has 0 heterocycles. The molecule has 0 N–H and O–H groups in total. The Morgan fingerprint density at radius 2 is 1.29 bits per heavy atom. The molecule has 0 aromatic carbocycles. The van der Waals surface area contributed by atoms with E-state index in [0.29, 0.717) is 0 Å². The van der Waals surface area contributed by atoms with E-state index in [0.717, 1.165) is 18.1 Å². The average Bonchev–Trinajstić information content (AvgIpc) is 2.57. The lowest BCUT2D eigenvalue weighted by molar-refractivity contribution is -0.131. The molecular formula is C19H44O5Si4. The molecule has 5 nitrogen and oxygen atoms in total. The van der Waals surface area contributed by atoms with Crippen molar-refractivity contribution in [3.05, 3.63) is 12.7 Å². The molecule has 0 saturated heterocycles. The molecule has 0 saturated carbocycles. The molecule has 9 heteroatoms. The van der Waals surface area contributed by atoms with E-state index in [4.69, 9.17) is 16.8 Å². The van der Waals surface area contributed by atoms with Gasteiger partial charge in [0, 0.05) is 23.7 Å². The molecule has 0 radical (unpaired) electrons. The van der Waals surface area contributed by atoms with Crippen LogP contribution in [0.5, 0.6) is 0 Å². The van der Waals surface area contributed by atoms with Crippen molar-refractivity contribution in [2.45, 2.75) is 104 Å². The molecule has 0 aromatic heterocycles. The van der Waals surface area contributed by atoms with Crippen LogP contribution in [-0.2, 0) is 21.6 Å². The summed E-state index contributed by atoms with van der Waals surface area (Å²) in [5, 5.41) is 0. The van der Waals surface area contributed by atoms with Crippen LogP contribution in [0.4, 0.5) is 0 Å². The van der Waals surface area contributed by atoms with Crippen molar-refractivity contribution in [1.82, 2.24) is 0 Å². The molecule has 28 heavy (non-hydrogen) atoms. The number of carbonyl (C=O) groups is 1. The molecule has 0 aliphatic carbocycles. The molecule has 1 unspecified atom stereocenters. The summed E-state index contributed by atoms with van der Waals surface area (Å²) in [4.78, 5) is 12.2. The van der Waals surface area contributed by atoms with Crippen LogP contribution in [0.1, 0.15) is 48.5 Å². The van der Waals surface area contributed by atoms with Crippen LogP contribution in [-0.4, -0.2) is 40.0 Å². The van der Waals surface area contributed by atoms with Gasteiger partial charge < -0.3 is 16.8 Å². The predicted octanol–water partition coefficient (Wildman–Crippen LogP) is 6.44. The fraction of sp³-hybridized carbons (Fsp3) is 0.842. The summed E-state index contributed by atoms with van der Waals surface area (Å²) in [5.41, 5.74) is 0.135. The van der Waals surface area contributed by atoms with Crippen LogP contribution in [0.2, 0.25) is 55.4 Å². The lowest BCUT2D eigenvalue weighted by atomic mass is 10.5. The number of hydrogen-bond donors (Lipinski definition) is 0. The van der Waals surface area contributed by atoms with Crippen molar-refractivity contribution in [2.24, 2.45) is 0 Å². The molecule has 0 aliphatic rings. The minimum atomic E-state index is -3.05. The summed E-state index contributed by atoms with van der Waals surface area (Å²) >= 11 is 0. The lowest BCUT2D eigenvalue weighted by Gasteiger charge is -2.46. The maximum atomic E-state index is 12.2. The fourth-order valence-electron chi connectivity index (χ4n) is 3.63. The molecule has 0 aromatic rings. The number of carbonyl (C=O) groups excluding carboxylic acids is 1. The number of hydrogen-bond acceptors (Lipinski definition) is 5. The first-order chi connectivity index (χ1) is 12.6. The van der Waals surface area contributed by atoms with Crippen molar-refractivity contribution in [3.8, 4) is 0 Å². The lowest BCUT2D eigenvalue weighted by Crippen LogP contribution is -2.64. The normalized spacial score (nSPS) is 15.6. The molecule has 0 amide bonds. The summed E-state index contributed by atoms with van der Waals surface area (Å²) < 4.78 is 26.4. The SMILES string of the molecule is C=CC(=O)O[Si](O[Si](C)(O[Si](C)(C)C)O[Si](CC)(CC)CC)(C(C)C)C(C)C. The Morgan fingerprint density at radius 3 is 1.57 bits per heavy atom. The van der Waals surface area contributed by atoms with Crippen molar-refractivity contribution in [3.63, 3.8) is 0 Å². The topological polar surface area (TPSA) is 54.0 Å². The molecular weight excluding hydrogens is 421 g/mol. The van der Waals surface area contributed by atoms with Crippen LogP contribution >= 0.6 is 0 Å². The highest BCUT2D eigenvalue weighted by Gasteiger charge is 2.57. The van der Waals surface area contributed by atoms with E-state index in [2.05, 4.69) is 74.7 Å². The smallest absolute Gasteiger partial charge is 0.468 e. The van der Waals surface area contributed by atoms with Gasteiger partial charge in [-0.15, -0.1) is 0 Å². The first kappa shape index (κ1) is 28.0. The van der Waals surface area contributed by atoms with E-state index in [1.54, 1.807) is 0 Å². The monoisotopic (exact) mass is 464 g/mol. The quantitative estimate of drug-likeness (QED) is 0.232. The Kier molecular flexibility index (Phi) is 10.8. The molecule has 166 valence electrons. The third kappa shape index (κ3) is 7.66. The van der Waals surface area contributed by atoms with E-state index >= 15 is 0 Å². The summed E-state index contributed by atoms with van der Waals surface area (Å²) in [6, 6.07) is 3.06. The molecule has 1 atom stereocenters. The molecule has 0 aliphatic heterocycles. The highest BCUT2D eigenvalue weighted by atomic mass is 28.5. The average molecular weight is 465 g/mol. The van der Waals surface area contributed by atoms with Crippen molar-refractivity contribution >= 4 is 40.0 Å². The van der Waals surface area contributed by atoms with E-state index < -0.39 is 40.0 Å². The van der Waals surface area contributed by atoms with Gasteiger partial charge in [0.25, 0.3) is 0 Å². The number of rotatable bonds is 13. The van der Waals surface area contributed by atoms with Crippen molar-refractivity contribution < 1.29 is 21.6 Å². The first-order valence-electron chi connectivity index (χ1n) is 10.6. The predicted molar refractivity (Wildman–Crippen MR) is 128 cm³/mol. The summed E-state index contributed by atoms with van der Waals surface area (Å²) in [6.45, 7) is 26.9. The van der Waals surface area contributed by atoms with Gasteiger partial charge in [0.15, 0.2) is 16.6 Å². The van der Waals surface area contributed by atoms with Crippen LogP contribution in [0.15, 0.2) is 12.7 Å². The standard InChI is InChI=1S/C19H44O5Si4/c1-13-19(20)21-28(17(5)6,18(7)8)24-26(12,22-25(9,10)11)23-27(14-2,15-3)16-4/h13,17-18H,1,14-16H2,2-12H3. The van der Waals surface area contributed by atoms with Crippen molar-refractivity contribution in [1.29, 1.82) is 0 Å². The van der Waals surface area contributed by atoms with Crippen LogP contribution in [0, 0.1) is 0 Å². The van der Waals surface area contributed by atoms with E-state index in [9.17, 15) is 4.79 Å². The second-order valence-corrected chi connectivity index (χ2v) is 26.0. The highest BCUT2D eigenvalue weighted by molar-refractivity contribution is 6.90. The zero-order valence-electron chi connectivity index (χ0n) is 20.1. The third-order valence-electron chi connectivity index (χ3n) is 5.21. The van der Waals surface area contributed by atoms with Gasteiger partial charge in [-0.1, -0.05) is 55.0 Å². The third-order valence-corrected chi connectivity index (χ3v) is 22.7. The van der Waals surface area contributed by atoms with Gasteiger partial charge in [-0.05, 0) is 37.8 Å². The summed E-state index contributed by atoms with van der Waals surface area (Å²) in [7, 11) is -9.95. The van der Waals surface area contributed by atoms with Gasteiger partial charge in [0.05, 0.1) is 0 Å². The summed E-state index contributed by atoms with van der Waals surface area (Å²) in [6.07, 6.45) is 1.22. The van der Waals surface area contributed by atoms with Gasteiger partial charge in [-0.3, -0.25) is 0 Å². The first-order valence-corrected chi connectivity index (χ1v) is 20.7. The Labute approximate surface area is 178 Å². The summed E-state index contributed by atoms with van der Waals surface area (Å²) in [5.74, 6) is -0.427. The van der Waals surface area contributed by atoms with Gasteiger partial charge in [-0.25, -0.2) is 4.79 Å². The van der Waals surface area contributed by atoms with Crippen LogP contribution in [0.3, 0.4) is 0 Å². The van der Waals surface area contributed by atoms with Gasteiger partial charge in [0.1, 0.15) is 0 Å². The van der Waals surface area contributed by atoms with Crippen LogP contribution < -0.4 is 0 Å². The van der Waals surface area contributed by atoms with E-state index in [1.807, 2.05) is 6.55 Å². The van der Waals surface area contributed by atoms with E-state index in [1.165, 1.54) is 6.08 Å². The van der Waals surface area contributed by atoms with E-state index in [-0.39, 0.29) is 11.1 Å². The Hall–Kier alpha value is -0.0425. The molecule has 0 spiro atoms. The Morgan fingerprint density at radius 1 is 0.857 bits per heavy atom. The second-order valence-electron chi connectivity index (χ2n) is 9.18.